The molecule has 1 N–H and O–H groups in total. The second-order valence-electron chi connectivity index (χ2n) is 5.38. The Labute approximate surface area is 132 Å². The zero-order chi connectivity index (χ0) is 16.4. The van der Waals surface area contributed by atoms with Gasteiger partial charge in [-0.25, -0.2) is 0 Å². The van der Waals surface area contributed by atoms with Crippen LogP contribution in [0.25, 0.3) is 0 Å². The van der Waals surface area contributed by atoms with Gasteiger partial charge >= 0.3 is 5.97 Å². The summed E-state index contributed by atoms with van der Waals surface area (Å²) in [7, 11) is 0. The first-order valence-corrected chi connectivity index (χ1v) is 8.09. The fourth-order valence-electron chi connectivity index (χ4n) is 2.44. The highest BCUT2D eigenvalue weighted by Gasteiger charge is 2.18. The minimum absolute atomic E-state index is 0.0130. The molecule has 1 rings (SSSR count). The van der Waals surface area contributed by atoms with Gasteiger partial charge in [-0.2, -0.15) is 0 Å². The Morgan fingerprint density at radius 2 is 1.82 bits per heavy atom. The molecule has 0 bridgehead atoms. The van der Waals surface area contributed by atoms with Gasteiger partial charge in [-0.15, -0.1) is 0 Å². The van der Waals surface area contributed by atoms with Gasteiger partial charge in [-0.1, -0.05) is 44.7 Å². The molecular formula is C18H26O4. The van der Waals surface area contributed by atoms with Crippen LogP contribution in [-0.4, -0.2) is 23.5 Å². The van der Waals surface area contributed by atoms with E-state index in [4.69, 9.17) is 4.74 Å². The topological polar surface area (TPSA) is 63.6 Å². The molecule has 0 atom stereocenters. The number of carbonyl (C=O) groups is 2. The summed E-state index contributed by atoms with van der Waals surface area (Å²) in [6, 6.07) is 4.82. The number of hydrogen-bond acceptors (Lipinski definition) is 4. The predicted octanol–water partition coefficient (Wildman–Crippen LogP) is 4.04. The van der Waals surface area contributed by atoms with Crippen LogP contribution in [0.5, 0.6) is 5.75 Å². The molecule has 0 fully saturated rings. The number of carbonyl (C=O) groups excluding carboxylic acids is 2. The maximum absolute atomic E-state index is 12.3. The van der Waals surface area contributed by atoms with Crippen molar-refractivity contribution in [1.29, 1.82) is 0 Å². The fraction of sp³-hybridized carbons (Fsp3) is 0.556. The Bertz CT molecular complexity index is 494. The number of unbranched alkanes of at least 4 members (excludes halogenated alkanes) is 4. The Kier molecular flexibility index (Phi) is 8.26. The number of ether oxygens (including phenoxy) is 1. The molecule has 22 heavy (non-hydrogen) atoms. The van der Waals surface area contributed by atoms with Crippen molar-refractivity contribution in [2.24, 2.45) is 0 Å². The lowest BCUT2D eigenvalue weighted by atomic mass is 9.96. The van der Waals surface area contributed by atoms with Crippen LogP contribution in [0, 0.1) is 0 Å². The van der Waals surface area contributed by atoms with E-state index < -0.39 is 0 Å². The third-order valence-electron chi connectivity index (χ3n) is 3.56. The average Bonchev–Trinajstić information content (AvgIpc) is 2.47. The minimum atomic E-state index is -0.384. The molecule has 0 aliphatic rings. The van der Waals surface area contributed by atoms with Crippen LogP contribution in [0.1, 0.15) is 68.3 Å². The van der Waals surface area contributed by atoms with Crippen molar-refractivity contribution in [3.05, 3.63) is 29.3 Å². The van der Waals surface area contributed by atoms with E-state index >= 15 is 0 Å². The van der Waals surface area contributed by atoms with E-state index in [2.05, 4.69) is 6.92 Å². The van der Waals surface area contributed by atoms with Crippen LogP contribution < -0.4 is 0 Å². The fourth-order valence-corrected chi connectivity index (χ4v) is 2.44. The third kappa shape index (κ3) is 5.88. The number of esters is 1. The summed E-state index contributed by atoms with van der Waals surface area (Å²) in [6.07, 6.45) is 5.71. The van der Waals surface area contributed by atoms with Gasteiger partial charge in [-0.05, 0) is 25.0 Å². The van der Waals surface area contributed by atoms with Crippen molar-refractivity contribution in [2.45, 2.75) is 58.8 Å². The van der Waals surface area contributed by atoms with Crippen molar-refractivity contribution in [2.75, 3.05) is 6.61 Å². The van der Waals surface area contributed by atoms with E-state index in [1.807, 2.05) is 0 Å². The van der Waals surface area contributed by atoms with Crippen LogP contribution >= 0.6 is 0 Å². The lowest BCUT2D eigenvalue weighted by molar-refractivity contribution is -0.142. The molecule has 122 valence electrons. The van der Waals surface area contributed by atoms with E-state index in [9.17, 15) is 14.7 Å². The van der Waals surface area contributed by atoms with Crippen molar-refractivity contribution in [3.63, 3.8) is 0 Å². The molecule has 4 nitrogen and oxygen atoms in total. The van der Waals surface area contributed by atoms with Crippen molar-refractivity contribution in [3.8, 4) is 5.75 Å². The molecule has 0 aliphatic carbocycles. The van der Waals surface area contributed by atoms with Crippen LogP contribution in [0.3, 0.4) is 0 Å². The quantitative estimate of drug-likeness (QED) is 0.402. The molecule has 0 amide bonds. The largest absolute Gasteiger partial charge is 0.507 e. The highest BCUT2D eigenvalue weighted by atomic mass is 16.5. The first kappa shape index (κ1) is 18.2. The number of rotatable bonds is 10. The molecule has 0 heterocycles. The first-order valence-electron chi connectivity index (χ1n) is 8.09. The standard InChI is InChI=1S/C18H26O4/c1-3-5-6-7-8-11-15(19)18-14(10-9-12-16(18)20)13-17(21)22-4-2/h9-10,12,20H,3-8,11,13H2,1-2H3. The number of benzene rings is 1. The molecule has 0 aromatic heterocycles. The second kappa shape index (κ2) is 9.98. The number of aromatic hydroxyl groups is 1. The van der Waals surface area contributed by atoms with Gasteiger partial charge in [-0.3, -0.25) is 9.59 Å². The summed E-state index contributed by atoms with van der Waals surface area (Å²) >= 11 is 0. The summed E-state index contributed by atoms with van der Waals surface area (Å²) in [4.78, 5) is 24.0. The van der Waals surface area contributed by atoms with Crippen molar-refractivity contribution in [1.82, 2.24) is 0 Å². The molecule has 0 saturated carbocycles. The van der Waals surface area contributed by atoms with Crippen LogP contribution in [0.4, 0.5) is 0 Å². The number of phenolic OH excluding ortho intramolecular Hbond substituents is 1. The van der Waals surface area contributed by atoms with Crippen LogP contribution in [0.2, 0.25) is 0 Å². The molecular weight excluding hydrogens is 280 g/mol. The first-order chi connectivity index (χ1) is 10.6. The summed E-state index contributed by atoms with van der Waals surface area (Å²) in [6.45, 7) is 4.19. The number of phenols is 1. The Balaban J connectivity index is 2.71. The van der Waals surface area contributed by atoms with E-state index in [-0.39, 0.29) is 29.5 Å². The van der Waals surface area contributed by atoms with Gasteiger partial charge in [0.05, 0.1) is 18.6 Å². The number of Topliss-reactive ketones (excluding diaryl/α,β-unsaturated/α-hetero) is 1. The molecule has 0 saturated heterocycles. The smallest absolute Gasteiger partial charge is 0.310 e. The third-order valence-corrected chi connectivity index (χ3v) is 3.56. The molecule has 0 aliphatic heterocycles. The van der Waals surface area contributed by atoms with Gasteiger partial charge in [0, 0.05) is 6.42 Å². The molecule has 0 spiro atoms. The van der Waals surface area contributed by atoms with Gasteiger partial charge in [0.15, 0.2) is 5.78 Å². The molecule has 0 unspecified atom stereocenters. The Hall–Kier alpha value is -1.84. The highest BCUT2D eigenvalue weighted by Crippen LogP contribution is 2.24. The van der Waals surface area contributed by atoms with Gasteiger partial charge in [0.1, 0.15) is 5.75 Å². The maximum Gasteiger partial charge on any atom is 0.310 e. The lowest BCUT2D eigenvalue weighted by Gasteiger charge is -2.10. The second-order valence-corrected chi connectivity index (χ2v) is 5.38. The average molecular weight is 306 g/mol. The zero-order valence-electron chi connectivity index (χ0n) is 13.6. The SMILES string of the molecule is CCCCCCCC(=O)c1c(O)cccc1CC(=O)OCC. The van der Waals surface area contributed by atoms with E-state index in [1.165, 1.54) is 12.5 Å². The summed E-state index contributed by atoms with van der Waals surface area (Å²) < 4.78 is 4.91. The molecule has 4 heteroatoms. The number of hydrogen-bond donors (Lipinski definition) is 1. The predicted molar refractivity (Wildman–Crippen MR) is 86.2 cm³/mol. The zero-order valence-corrected chi connectivity index (χ0v) is 13.6. The number of ketones is 1. The van der Waals surface area contributed by atoms with E-state index in [1.54, 1.807) is 19.1 Å². The van der Waals surface area contributed by atoms with Gasteiger partial charge in [0.25, 0.3) is 0 Å². The summed E-state index contributed by atoms with van der Waals surface area (Å²) in [5.41, 5.74) is 0.808. The maximum atomic E-state index is 12.3. The summed E-state index contributed by atoms with van der Waals surface area (Å²) in [5.74, 6) is -0.542. The lowest BCUT2D eigenvalue weighted by Crippen LogP contribution is -2.12. The van der Waals surface area contributed by atoms with Crippen molar-refractivity contribution < 1.29 is 19.4 Å². The van der Waals surface area contributed by atoms with E-state index in [0.29, 0.717) is 18.6 Å². The minimum Gasteiger partial charge on any atom is -0.507 e. The van der Waals surface area contributed by atoms with Gasteiger partial charge in [0.2, 0.25) is 0 Å². The van der Waals surface area contributed by atoms with Gasteiger partial charge < -0.3 is 9.84 Å². The van der Waals surface area contributed by atoms with E-state index in [0.717, 1.165) is 25.7 Å². The highest BCUT2D eigenvalue weighted by molar-refractivity contribution is 6.00. The molecule has 1 aromatic rings. The van der Waals surface area contributed by atoms with Crippen LogP contribution in [0.15, 0.2) is 18.2 Å². The Morgan fingerprint density at radius 3 is 2.50 bits per heavy atom. The monoisotopic (exact) mass is 306 g/mol. The summed E-state index contributed by atoms with van der Waals surface area (Å²) in [5, 5.41) is 9.97. The normalized spacial score (nSPS) is 10.5. The molecule has 1 aromatic carbocycles. The van der Waals surface area contributed by atoms with Crippen molar-refractivity contribution >= 4 is 11.8 Å². The molecule has 0 radical (unpaired) electrons. The van der Waals surface area contributed by atoms with Crippen LogP contribution in [-0.2, 0) is 16.0 Å². The Morgan fingerprint density at radius 1 is 1.09 bits per heavy atom.